The van der Waals surface area contributed by atoms with E-state index in [0.29, 0.717) is 6.42 Å². The van der Waals surface area contributed by atoms with Gasteiger partial charge in [0.1, 0.15) is 11.4 Å². The maximum Gasteiger partial charge on any atom is 0.408 e. The summed E-state index contributed by atoms with van der Waals surface area (Å²) in [4.78, 5) is 34.7. The summed E-state index contributed by atoms with van der Waals surface area (Å²) in [7, 11) is 0. The van der Waals surface area contributed by atoms with E-state index in [1.54, 1.807) is 32.9 Å². The van der Waals surface area contributed by atoms with Gasteiger partial charge in [0.25, 0.3) is 0 Å². The minimum Gasteiger partial charge on any atom is -0.444 e. The quantitative estimate of drug-likeness (QED) is 0.607. The molecule has 7 nitrogen and oxygen atoms in total. The Morgan fingerprint density at radius 2 is 1.69 bits per heavy atom. The number of amides is 3. The van der Waals surface area contributed by atoms with E-state index in [1.165, 1.54) is 12.1 Å². The molecule has 3 amide bonds. The van der Waals surface area contributed by atoms with Gasteiger partial charge in [-0.25, -0.2) is 9.18 Å². The lowest BCUT2D eigenvalue weighted by atomic mass is 10.1. The first kappa shape index (κ1) is 21.4. The molecule has 3 N–H and O–H groups in total. The lowest BCUT2D eigenvalue weighted by Gasteiger charge is -2.19. The molecule has 0 unspecified atom stereocenters. The molecule has 0 aliphatic heterocycles. The molecule has 0 aromatic heterocycles. The number of alkyl carbamates (subject to hydrolysis) is 1. The van der Waals surface area contributed by atoms with Gasteiger partial charge < -0.3 is 20.7 Å². The minimum atomic E-state index is -0.668. The molecule has 0 spiro atoms. The average Bonchev–Trinajstić information content (AvgIpc) is 2.53. The van der Waals surface area contributed by atoms with Crippen molar-refractivity contribution in [3.8, 4) is 0 Å². The highest BCUT2D eigenvalue weighted by atomic mass is 19.1. The van der Waals surface area contributed by atoms with E-state index in [1.807, 2.05) is 0 Å². The van der Waals surface area contributed by atoms with E-state index in [-0.39, 0.29) is 43.7 Å². The number of rotatable bonds is 8. The number of carbonyl (C=O) groups is 3. The second kappa shape index (κ2) is 10.4. The molecule has 0 bridgehead atoms. The highest BCUT2D eigenvalue weighted by Crippen LogP contribution is 2.06. The van der Waals surface area contributed by atoms with Gasteiger partial charge in [0.05, 0.1) is 6.54 Å². The fourth-order valence-corrected chi connectivity index (χ4v) is 1.97. The van der Waals surface area contributed by atoms with Gasteiger partial charge in [-0.3, -0.25) is 9.59 Å². The van der Waals surface area contributed by atoms with Crippen LogP contribution in [0.3, 0.4) is 0 Å². The predicted molar refractivity (Wildman–Crippen MR) is 95.0 cm³/mol. The normalized spacial score (nSPS) is 10.8. The van der Waals surface area contributed by atoms with Crippen molar-refractivity contribution in [3.05, 3.63) is 35.6 Å². The Morgan fingerprint density at radius 1 is 1.04 bits per heavy atom. The van der Waals surface area contributed by atoms with Crippen LogP contribution in [0.5, 0.6) is 0 Å². The molecule has 26 heavy (non-hydrogen) atoms. The van der Waals surface area contributed by atoms with Crippen molar-refractivity contribution in [1.82, 2.24) is 16.0 Å². The van der Waals surface area contributed by atoms with Gasteiger partial charge in [0.2, 0.25) is 11.8 Å². The highest BCUT2D eigenvalue weighted by molar-refractivity contribution is 5.82. The lowest BCUT2D eigenvalue weighted by molar-refractivity contribution is -0.122. The molecule has 0 fully saturated rings. The molecule has 0 radical (unpaired) electrons. The fourth-order valence-electron chi connectivity index (χ4n) is 1.97. The van der Waals surface area contributed by atoms with Gasteiger partial charge in [-0.1, -0.05) is 12.1 Å². The van der Waals surface area contributed by atoms with Crippen LogP contribution in [0.2, 0.25) is 0 Å². The smallest absolute Gasteiger partial charge is 0.408 e. The van der Waals surface area contributed by atoms with E-state index in [2.05, 4.69) is 16.0 Å². The summed E-state index contributed by atoms with van der Waals surface area (Å²) >= 11 is 0. The fraction of sp³-hybridized carbons (Fsp3) is 0.500. The lowest BCUT2D eigenvalue weighted by Crippen LogP contribution is -2.42. The Morgan fingerprint density at radius 3 is 2.31 bits per heavy atom. The van der Waals surface area contributed by atoms with Crippen LogP contribution in [-0.2, 0) is 20.7 Å². The number of hydrogen-bond donors (Lipinski definition) is 3. The molecular formula is C18H26FN3O4. The maximum atomic E-state index is 13.0. The van der Waals surface area contributed by atoms with E-state index in [0.717, 1.165) is 5.56 Å². The zero-order valence-corrected chi connectivity index (χ0v) is 15.4. The minimum absolute atomic E-state index is 0.185. The van der Waals surface area contributed by atoms with Crippen LogP contribution >= 0.6 is 0 Å². The third kappa shape index (κ3) is 10.3. The molecule has 1 aromatic carbocycles. The Balaban J connectivity index is 2.11. The molecular weight excluding hydrogens is 341 g/mol. The second-order valence-corrected chi connectivity index (χ2v) is 6.69. The molecule has 0 aliphatic rings. The summed E-state index contributed by atoms with van der Waals surface area (Å²) in [6.45, 7) is 5.47. The first-order valence-electron chi connectivity index (χ1n) is 8.40. The first-order chi connectivity index (χ1) is 12.2. The Bertz CT molecular complexity index is 629. The molecule has 0 saturated carbocycles. The monoisotopic (exact) mass is 367 g/mol. The van der Waals surface area contributed by atoms with Gasteiger partial charge >= 0.3 is 6.09 Å². The standard InChI is InChI=1S/C18H26FN3O4/c1-18(2,3)26-17(25)22-12-16(24)21-10-9-20-15(23)8-7-13-5-4-6-14(19)11-13/h4-6,11H,7-10,12H2,1-3H3,(H,20,23)(H,21,24)(H,22,25). The number of aryl methyl sites for hydroxylation is 1. The molecule has 144 valence electrons. The van der Waals surface area contributed by atoms with Gasteiger partial charge in [0, 0.05) is 19.5 Å². The molecule has 0 saturated heterocycles. The highest BCUT2D eigenvalue weighted by Gasteiger charge is 2.16. The second-order valence-electron chi connectivity index (χ2n) is 6.69. The third-order valence-corrected chi connectivity index (χ3v) is 3.09. The number of hydrogen-bond acceptors (Lipinski definition) is 4. The van der Waals surface area contributed by atoms with Gasteiger partial charge in [-0.2, -0.15) is 0 Å². The van der Waals surface area contributed by atoms with Crippen molar-refractivity contribution < 1.29 is 23.5 Å². The molecule has 1 aromatic rings. The first-order valence-corrected chi connectivity index (χ1v) is 8.40. The summed E-state index contributed by atoms with van der Waals surface area (Å²) in [6.07, 6.45) is 0.00573. The van der Waals surface area contributed by atoms with Crippen molar-refractivity contribution in [1.29, 1.82) is 0 Å². The van der Waals surface area contributed by atoms with Crippen LogP contribution in [-0.4, -0.2) is 43.1 Å². The molecule has 8 heteroatoms. The van der Waals surface area contributed by atoms with Gasteiger partial charge in [-0.15, -0.1) is 0 Å². The van der Waals surface area contributed by atoms with Crippen LogP contribution < -0.4 is 16.0 Å². The van der Waals surface area contributed by atoms with E-state index < -0.39 is 11.7 Å². The number of nitrogens with one attached hydrogen (secondary N) is 3. The van der Waals surface area contributed by atoms with Crippen LogP contribution in [0.4, 0.5) is 9.18 Å². The molecule has 0 heterocycles. The van der Waals surface area contributed by atoms with E-state index in [4.69, 9.17) is 4.74 Å². The Kier molecular flexibility index (Phi) is 8.54. The summed E-state index contributed by atoms with van der Waals surface area (Å²) in [5, 5.41) is 7.56. The summed E-state index contributed by atoms with van der Waals surface area (Å²) in [5.74, 6) is -0.897. The van der Waals surface area contributed by atoms with Crippen molar-refractivity contribution in [2.75, 3.05) is 19.6 Å². The number of halogens is 1. The zero-order chi connectivity index (χ0) is 19.6. The van der Waals surface area contributed by atoms with Gasteiger partial charge in [0.15, 0.2) is 0 Å². The van der Waals surface area contributed by atoms with Crippen LogP contribution in [0.25, 0.3) is 0 Å². The van der Waals surface area contributed by atoms with Crippen LogP contribution in [0.15, 0.2) is 24.3 Å². The molecule has 1 rings (SSSR count). The largest absolute Gasteiger partial charge is 0.444 e. The van der Waals surface area contributed by atoms with Crippen molar-refractivity contribution in [2.45, 2.75) is 39.2 Å². The number of carbonyl (C=O) groups excluding carboxylic acids is 3. The summed E-state index contributed by atoms with van der Waals surface area (Å²) < 4.78 is 18.0. The van der Waals surface area contributed by atoms with Crippen molar-refractivity contribution >= 4 is 17.9 Å². The van der Waals surface area contributed by atoms with Crippen LogP contribution in [0, 0.1) is 5.82 Å². The van der Waals surface area contributed by atoms with Crippen molar-refractivity contribution in [2.24, 2.45) is 0 Å². The predicted octanol–water partition coefficient (Wildman–Crippen LogP) is 1.52. The number of benzene rings is 1. The molecule has 0 atom stereocenters. The average molecular weight is 367 g/mol. The Labute approximate surface area is 152 Å². The summed E-state index contributed by atoms with van der Waals surface area (Å²) in [6, 6.07) is 6.10. The third-order valence-electron chi connectivity index (χ3n) is 3.09. The molecule has 0 aliphatic carbocycles. The topological polar surface area (TPSA) is 96.5 Å². The zero-order valence-electron chi connectivity index (χ0n) is 15.4. The Hall–Kier alpha value is -2.64. The van der Waals surface area contributed by atoms with Crippen LogP contribution in [0.1, 0.15) is 32.8 Å². The van der Waals surface area contributed by atoms with E-state index in [9.17, 15) is 18.8 Å². The van der Waals surface area contributed by atoms with Gasteiger partial charge in [-0.05, 0) is 44.9 Å². The van der Waals surface area contributed by atoms with Crippen molar-refractivity contribution in [3.63, 3.8) is 0 Å². The van der Waals surface area contributed by atoms with E-state index >= 15 is 0 Å². The summed E-state index contributed by atoms with van der Waals surface area (Å²) in [5.41, 5.74) is 0.123. The SMILES string of the molecule is CC(C)(C)OC(=O)NCC(=O)NCCNC(=O)CCc1cccc(F)c1. The maximum absolute atomic E-state index is 13.0. The number of ether oxygens (including phenoxy) is 1.